The van der Waals surface area contributed by atoms with Gasteiger partial charge in [-0.05, 0) is 65.4 Å². The first kappa shape index (κ1) is 28.1. The topological polar surface area (TPSA) is 177 Å². The summed E-state index contributed by atoms with van der Waals surface area (Å²) in [7, 11) is 0. The van der Waals surface area contributed by atoms with Crippen molar-refractivity contribution < 1.29 is 9.59 Å². The average molecular weight is 564 g/mol. The third-order valence-electron chi connectivity index (χ3n) is 7.39. The van der Waals surface area contributed by atoms with E-state index in [1.54, 1.807) is 9.80 Å². The van der Waals surface area contributed by atoms with E-state index in [1.807, 2.05) is 48.5 Å². The fraction of sp³-hybridized carbons (Fsp3) is 0.194. The summed E-state index contributed by atoms with van der Waals surface area (Å²) in [5, 5.41) is 20.8. The van der Waals surface area contributed by atoms with Crippen LogP contribution in [0.25, 0.3) is 11.1 Å². The van der Waals surface area contributed by atoms with E-state index in [9.17, 15) is 9.59 Å². The standard InChI is InChI=1S/C31H33N9O2/c32-30(33)39-13-9-22(10-14-39)20-1-5-26(6-2-20)37-28(41)24-17-25(19-36-18-24)29(42)38-27-7-3-21(4-8-27)23-11-15-40(16-12-23)31(34)35/h1-9,11,17-19H,10,12-16H2,(H3,32,33)(H3,34,35)(H,37,41)(H,38,42). The van der Waals surface area contributed by atoms with E-state index in [0.29, 0.717) is 37.6 Å². The number of aromatic nitrogens is 1. The van der Waals surface area contributed by atoms with Crippen LogP contribution in [-0.2, 0) is 0 Å². The minimum atomic E-state index is -0.368. The van der Waals surface area contributed by atoms with Gasteiger partial charge in [0.05, 0.1) is 11.1 Å². The van der Waals surface area contributed by atoms with E-state index in [0.717, 1.165) is 24.0 Å². The van der Waals surface area contributed by atoms with Gasteiger partial charge in [-0.25, -0.2) is 0 Å². The summed E-state index contributed by atoms with van der Waals surface area (Å²) >= 11 is 0. The quantitative estimate of drug-likeness (QED) is 0.196. The van der Waals surface area contributed by atoms with E-state index in [-0.39, 0.29) is 34.9 Å². The lowest BCUT2D eigenvalue weighted by Gasteiger charge is -2.26. The molecule has 2 amide bonds. The molecule has 0 atom stereocenters. The van der Waals surface area contributed by atoms with Gasteiger partial charge in [-0.2, -0.15) is 0 Å². The number of nitrogens with one attached hydrogen (secondary N) is 4. The van der Waals surface area contributed by atoms with Crippen LogP contribution < -0.4 is 22.1 Å². The molecular weight excluding hydrogens is 530 g/mol. The minimum Gasteiger partial charge on any atom is -0.370 e. The van der Waals surface area contributed by atoms with Crippen LogP contribution in [0, 0.1) is 10.8 Å². The third-order valence-corrected chi connectivity index (χ3v) is 7.39. The smallest absolute Gasteiger partial charge is 0.257 e. The number of rotatable bonds is 6. The normalized spacial score (nSPS) is 14.9. The number of nitrogens with two attached hydrogens (primary N) is 2. The maximum atomic E-state index is 12.9. The second-order valence-corrected chi connectivity index (χ2v) is 10.1. The van der Waals surface area contributed by atoms with Crippen molar-refractivity contribution in [3.05, 3.63) is 101 Å². The Bertz CT molecular complexity index is 1460. The molecule has 1 aromatic heterocycles. The van der Waals surface area contributed by atoms with Crippen molar-refractivity contribution in [3.8, 4) is 0 Å². The van der Waals surface area contributed by atoms with Crippen molar-refractivity contribution in [1.29, 1.82) is 10.8 Å². The van der Waals surface area contributed by atoms with E-state index >= 15 is 0 Å². The summed E-state index contributed by atoms with van der Waals surface area (Å²) in [6, 6.07) is 16.6. The van der Waals surface area contributed by atoms with Crippen LogP contribution in [-0.4, -0.2) is 64.7 Å². The lowest BCUT2D eigenvalue weighted by Crippen LogP contribution is -2.39. The molecule has 42 heavy (non-hydrogen) atoms. The highest BCUT2D eigenvalue weighted by molar-refractivity contribution is 6.08. The Balaban J connectivity index is 1.18. The van der Waals surface area contributed by atoms with Crippen molar-refractivity contribution in [3.63, 3.8) is 0 Å². The molecular formula is C31H33N9O2. The van der Waals surface area contributed by atoms with Gasteiger partial charge in [0.15, 0.2) is 11.9 Å². The van der Waals surface area contributed by atoms with Crippen LogP contribution in [0.3, 0.4) is 0 Å². The number of anilines is 2. The third kappa shape index (κ3) is 6.64. The van der Waals surface area contributed by atoms with Crippen LogP contribution in [0.5, 0.6) is 0 Å². The van der Waals surface area contributed by atoms with Gasteiger partial charge in [0.25, 0.3) is 11.8 Å². The van der Waals surface area contributed by atoms with E-state index < -0.39 is 0 Å². The van der Waals surface area contributed by atoms with Gasteiger partial charge >= 0.3 is 0 Å². The highest BCUT2D eigenvalue weighted by atomic mass is 16.2. The zero-order valence-corrected chi connectivity index (χ0v) is 23.1. The van der Waals surface area contributed by atoms with Gasteiger partial charge in [-0.1, -0.05) is 36.4 Å². The van der Waals surface area contributed by atoms with Crippen LogP contribution in [0.2, 0.25) is 0 Å². The first-order valence-corrected chi connectivity index (χ1v) is 13.6. The summed E-state index contributed by atoms with van der Waals surface area (Å²) < 4.78 is 0. The zero-order chi connectivity index (χ0) is 29.6. The number of guanidine groups is 2. The van der Waals surface area contributed by atoms with Crippen LogP contribution in [0.15, 0.2) is 79.1 Å². The lowest BCUT2D eigenvalue weighted by molar-refractivity contribution is 0.102. The second kappa shape index (κ2) is 12.4. The summed E-state index contributed by atoms with van der Waals surface area (Å²) in [4.78, 5) is 33.6. The summed E-state index contributed by atoms with van der Waals surface area (Å²) in [5.74, 6) is -0.586. The molecule has 0 saturated carbocycles. The van der Waals surface area contributed by atoms with Gasteiger partial charge in [-0.15, -0.1) is 0 Å². The van der Waals surface area contributed by atoms with Crippen LogP contribution in [0.1, 0.15) is 44.7 Å². The van der Waals surface area contributed by atoms with Crippen molar-refractivity contribution in [2.45, 2.75) is 12.8 Å². The highest BCUT2D eigenvalue weighted by Gasteiger charge is 2.16. The molecule has 11 heteroatoms. The summed E-state index contributed by atoms with van der Waals surface area (Å²) in [6.07, 6.45) is 8.55. The molecule has 0 bridgehead atoms. The molecule has 3 aromatic rings. The molecule has 11 nitrogen and oxygen atoms in total. The van der Waals surface area contributed by atoms with Gasteiger partial charge in [0, 0.05) is 49.9 Å². The second-order valence-electron chi connectivity index (χ2n) is 10.1. The number of benzene rings is 2. The van der Waals surface area contributed by atoms with Gasteiger partial charge in [0.2, 0.25) is 0 Å². The number of amides is 2. The Kier molecular flexibility index (Phi) is 8.28. The monoisotopic (exact) mass is 563 g/mol. The van der Waals surface area contributed by atoms with Crippen molar-refractivity contribution in [2.75, 3.05) is 36.8 Å². The first-order chi connectivity index (χ1) is 20.3. The fourth-order valence-corrected chi connectivity index (χ4v) is 4.93. The Morgan fingerprint density at radius 1 is 0.690 bits per heavy atom. The predicted octanol–water partition coefficient (Wildman–Crippen LogP) is 3.55. The summed E-state index contributed by atoms with van der Waals surface area (Å²) in [6.45, 7) is 2.60. The summed E-state index contributed by atoms with van der Waals surface area (Å²) in [5.41, 5.74) is 17.4. The highest BCUT2D eigenvalue weighted by Crippen LogP contribution is 2.25. The lowest BCUT2D eigenvalue weighted by atomic mass is 9.99. The molecule has 3 heterocycles. The first-order valence-electron chi connectivity index (χ1n) is 13.6. The molecule has 2 aliphatic rings. The van der Waals surface area contributed by atoms with Gasteiger partial charge in [0.1, 0.15) is 0 Å². The van der Waals surface area contributed by atoms with E-state index in [1.165, 1.54) is 29.6 Å². The Hall–Kier alpha value is -5.45. The predicted molar refractivity (Wildman–Crippen MR) is 165 cm³/mol. The molecule has 214 valence electrons. The Labute approximate surface area is 243 Å². The van der Waals surface area contributed by atoms with Crippen molar-refractivity contribution in [1.82, 2.24) is 14.8 Å². The molecule has 0 spiro atoms. The molecule has 0 unspecified atom stereocenters. The number of hydrogen-bond donors (Lipinski definition) is 6. The molecule has 0 aliphatic carbocycles. The van der Waals surface area contributed by atoms with Crippen molar-refractivity contribution in [2.24, 2.45) is 11.5 Å². The number of hydrogen-bond acceptors (Lipinski definition) is 5. The van der Waals surface area contributed by atoms with Crippen LogP contribution >= 0.6 is 0 Å². The van der Waals surface area contributed by atoms with Gasteiger partial charge < -0.3 is 31.9 Å². The van der Waals surface area contributed by atoms with Crippen LogP contribution in [0.4, 0.5) is 11.4 Å². The molecule has 2 aromatic carbocycles. The fourth-order valence-electron chi connectivity index (χ4n) is 4.93. The molecule has 0 radical (unpaired) electrons. The molecule has 0 saturated heterocycles. The molecule has 2 aliphatic heterocycles. The zero-order valence-electron chi connectivity index (χ0n) is 23.1. The number of nitrogens with zero attached hydrogens (tertiary/aromatic N) is 3. The van der Waals surface area contributed by atoms with E-state index in [2.05, 4.69) is 27.8 Å². The SMILES string of the molecule is N=C(N)N1CC=C(c2ccc(NC(=O)c3cncc(C(=O)Nc4ccc(C5=CCN(C(=N)N)CC5)cc4)c3)cc2)CC1. The average Bonchev–Trinajstić information content (AvgIpc) is 3.02. The number of carbonyl (C=O) groups excluding carboxylic acids is 2. The van der Waals surface area contributed by atoms with E-state index in [4.69, 9.17) is 22.3 Å². The number of pyridine rings is 1. The minimum absolute atomic E-state index is 0.0750. The maximum absolute atomic E-state index is 12.9. The van der Waals surface area contributed by atoms with Crippen molar-refractivity contribution >= 4 is 46.3 Å². The largest absolute Gasteiger partial charge is 0.370 e. The molecule has 0 fully saturated rings. The Morgan fingerprint density at radius 3 is 1.43 bits per heavy atom. The molecule has 8 N–H and O–H groups in total. The molecule has 5 rings (SSSR count). The Morgan fingerprint density at radius 2 is 1.10 bits per heavy atom. The maximum Gasteiger partial charge on any atom is 0.257 e. The number of carbonyl (C=O) groups is 2. The van der Waals surface area contributed by atoms with Gasteiger partial charge in [-0.3, -0.25) is 25.4 Å².